The van der Waals surface area contributed by atoms with E-state index in [2.05, 4.69) is 63.8 Å². The fourth-order valence-electron chi connectivity index (χ4n) is 3.86. The van der Waals surface area contributed by atoms with Crippen molar-refractivity contribution in [1.82, 2.24) is 10.6 Å². The molecule has 2 aromatic rings. The third-order valence-corrected chi connectivity index (χ3v) is 6.16. The van der Waals surface area contributed by atoms with Gasteiger partial charge in [-0.05, 0) is 87.6 Å². The minimum atomic E-state index is 0.818. The van der Waals surface area contributed by atoms with Gasteiger partial charge in [0.1, 0.15) is 0 Å². The Morgan fingerprint density at radius 3 is 1.97 bits per heavy atom. The normalized spacial score (nSPS) is 11.0. The van der Waals surface area contributed by atoms with Crippen LogP contribution in [0.2, 0.25) is 0 Å². The van der Waals surface area contributed by atoms with E-state index in [1.54, 1.807) is 14.2 Å². The van der Waals surface area contributed by atoms with Crippen LogP contribution in [-0.4, -0.2) is 40.4 Å². The van der Waals surface area contributed by atoms with Gasteiger partial charge in [-0.3, -0.25) is 0 Å². The predicted octanol–water partition coefficient (Wildman–Crippen LogP) is 5.55. The molecule has 0 heterocycles. The van der Waals surface area contributed by atoms with Crippen molar-refractivity contribution in [2.75, 3.05) is 40.4 Å². The summed E-state index contributed by atoms with van der Waals surface area (Å²) in [5.41, 5.74) is 4.00. The first-order valence-corrected chi connectivity index (χ1v) is 12.4. The summed E-state index contributed by atoms with van der Waals surface area (Å²) < 4.78 is 12.1. The zero-order valence-corrected chi connectivity index (χ0v) is 21.0. The van der Waals surface area contributed by atoms with Crippen molar-refractivity contribution in [3.8, 4) is 11.5 Å². The van der Waals surface area contributed by atoms with E-state index in [1.165, 1.54) is 42.4 Å². The topological polar surface area (TPSA) is 42.5 Å². The number of benzene rings is 2. The molecule has 172 valence electrons. The second-order valence-corrected chi connectivity index (χ2v) is 8.75. The molecule has 0 saturated heterocycles. The lowest BCUT2D eigenvalue weighted by atomic mass is 10.0. The lowest BCUT2D eigenvalue weighted by Gasteiger charge is -2.16. The van der Waals surface area contributed by atoms with Crippen molar-refractivity contribution in [2.45, 2.75) is 51.9 Å². The molecule has 0 aliphatic carbocycles. The van der Waals surface area contributed by atoms with Crippen LogP contribution in [-0.2, 0) is 19.3 Å². The molecule has 0 fully saturated rings. The Morgan fingerprint density at radius 2 is 1.39 bits per heavy atom. The van der Waals surface area contributed by atoms with Gasteiger partial charge in [-0.2, -0.15) is 0 Å². The third kappa shape index (κ3) is 9.22. The van der Waals surface area contributed by atoms with Crippen molar-refractivity contribution in [1.29, 1.82) is 0 Å². The Bertz CT molecular complexity index is 750. The highest BCUT2D eigenvalue weighted by Gasteiger charge is 2.12. The van der Waals surface area contributed by atoms with Gasteiger partial charge in [0.15, 0.2) is 11.5 Å². The van der Waals surface area contributed by atoms with Crippen LogP contribution in [0, 0.1) is 0 Å². The van der Waals surface area contributed by atoms with Gasteiger partial charge < -0.3 is 20.1 Å². The Morgan fingerprint density at radius 1 is 0.742 bits per heavy atom. The standard InChI is InChI=1S/C26H39BrN2O2/c1-4-24-22(11-14-25(30-2)26(24)31-3)16-20-29-18-8-6-5-7-17-28-19-15-21-9-12-23(27)13-10-21/h9-14,28-29H,4-8,15-20H2,1-3H3. The van der Waals surface area contributed by atoms with Crippen LogP contribution in [0.3, 0.4) is 0 Å². The van der Waals surface area contributed by atoms with Crippen molar-refractivity contribution in [3.05, 3.63) is 57.6 Å². The monoisotopic (exact) mass is 490 g/mol. The number of hydrogen-bond acceptors (Lipinski definition) is 4. The number of ether oxygens (including phenoxy) is 2. The van der Waals surface area contributed by atoms with Crippen LogP contribution in [0.15, 0.2) is 40.9 Å². The Balaban J connectivity index is 1.49. The van der Waals surface area contributed by atoms with Gasteiger partial charge in [0, 0.05) is 10.0 Å². The highest BCUT2D eigenvalue weighted by Crippen LogP contribution is 2.33. The largest absolute Gasteiger partial charge is 0.493 e. The minimum absolute atomic E-state index is 0.818. The summed E-state index contributed by atoms with van der Waals surface area (Å²) in [6.45, 7) is 6.43. The number of nitrogens with one attached hydrogen (secondary N) is 2. The lowest BCUT2D eigenvalue weighted by molar-refractivity contribution is 0.351. The fraction of sp³-hybridized carbons (Fsp3) is 0.538. The molecular weight excluding hydrogens is 452 g/mol. The molecule has 0 radical (unpaired) electrons. The number of hydrogen-bond donors (Lipinski definition) is 2. The van der Waals surface area contributed by atoms with E-state index >= 15 is 0 Å². The zero-order chi connectivity index (χ0) is 22.3. The Kier molecular flexibility index (Phi) is 12.7. The summed E-state index contributed by atoms with van der Waals surface area (Å²) in [5, 5.41) is 7.15. The van der Waals surface area contributed by atoms with Gasteiger partial charge in [-0.15, -0.1) is 0 Å². The molecule has 0 atom stereocenters. The first-order valence-electron chi connectivity index (χ1n) is 11.6. The van der Waals surface area contributed by atoms with E-state index in [0.29, 0.717) is 0 Å². The Labute approximate surface area is 197 Å². The first kappa shape index (κ1) is 25.7. The van der Waals surface area contributed by atoms with E-state index in [4.69, 9.17) is 9.47 Å². The van der Waals surface area contributed by atoms with Crippen LogP contribution >= 0.6 is 15.9 Å². The lowest BCUT2D eigenvalue weighted by Crippen LogP contribution is -2.20. The molecule has 2 rings (SSSR count). The van der Waals surface area contributed by atoms with Gasteiger partial charge in [0.05, 0.1) is 14.2 Å². The van der Waals surface area contributed by atoms with Crippen molar-refractivity contribution < 1.29 is 9.47 Å². The van der Waals surface area contributed by atoms with Crippen molar-refractivity contribution >= 4 is 15.9 Å². The average Bonchev–Trinajstić information content (AvgIpc) is 2.80. The summed E-state index contributed by atoms with van der Waals surface area (Å²) in [6, 6.07) is 12.8. The predicted molar refractivity (Wildman–Crippen MR) is 135 cm³/mol. The molecule has 0 aliphatic rings. The maximum atomic E-state index is 5.58. The van der Waals surface area contributed by atoms with Crippen molar-refractivity contribution in [3.63, 3.8) is 0 Å². The molecule has 0 bridgehead atoms. The van der Waals surface area contributed by atoms with Gasteiger partial charge in [0.25, 0.3) is 0 Å². The third-order valence-electron chi connectivity index (χ3n) is 5.63. The van der Waals surface area contributed by atoms with E-state index in [0.717, 1.165) is 61.4 Å². The van der Waals surface area contributed by atoms with Crippen LogP contribution < -0.4 is 20.1 Å². The molecule has 0 aliphatic heterocycles. The maximum Gasteiger partial charge on any atom is 0.164 e. The molecule has 2 aromatic carbocycles. The van der Waals surface area contributed by atoms with Crippen LogP contribution in [0.4, 0.5) is 0 Å². The second-order valence-electron chi connectivity index (χ2n) is 7.83. The van der Waals surface area contributed by atoms with Crippen LogP contribution in [0.5, 0.6) is 11.5 Å². The number of unbranched alkanes of at least 4 members (excludes halogenated alkanes) is 3. The average molecular weight is 492 g/mol. The SMILES string of the molecule is CCc1c(CCNCCCCCCNCCc2ccc(Br)cc2)ccc(OC)c1OC. The second kappa shape index (κ2) is 15.3. The van der Waals surface area contributed by atoms with Gasteiger partial charge >= 0.3 is 0 Å². The van der Waals surface area contributed by atoms with E-state index < -0.39 is 0 Å². The molecule has 31 heavy (non-hydrogen) atoms. The highest BCUT2D eigenvalue weighted by molar-refractivity contribution is 9.10. The fourth-order valence-corrected chi connectivity index (χ4v) is 4.13. The summed E-state index contributed by atoms with van der Waals surface area (Å²) in [4.78, 5) is 0. The van der Waals surface area contributed by atoms with Crippen LogP contribution in [0.25, 0.3) is 0 Å². The summed E-state index contributed by atoms with van der Waals surface area (Å²) in [6.07, 6.45) is 8.15. The molecule has 0 amide bonds. The minimum Gasteiger partial charge on any atom is -0.493 e. The highest BCUT2D eigenvalue weighted by atomic mass is 79.9. The molecule has 5 heteroatoms. The molecular formula is C26H39BrN2O2. The summed E-state index contributed by atoms with van der Waals surface area (Å²) >= 11 is 3.48. The molecule has 0 aromatic heterocycles. The zero-order valence-electron chi connectivity index (χ0n) is 19.4. The quantitative estimate of drug-likeness (QED) is 0.302. The molecule has 2 N–H and O–H groups in total. The van der Waals surface area contributed by atoms with Crippen molar-refractivity contribution in [2.24, 2.45) is 0 Å². The molecule has 0 saturated carbocycles. The molecule has 4 nitrogen and oxygen atoms in total. The number of rotatable bonds is 16. The van der Waals surface area contributed by atoms with Gasteiger partial charge in [0.2, 0.25) is 0 Å². The maximum absolute atomic E-state index is 5.58. The Hall–Kier alpha value is -1.56. The molecule has 0 unspecified atom stereocenters. The van der Waals surface area contributed by atoms with E-state index in [1.807, 2.05) is 6.07 Å². The van der Waals surface area contributed by atoms with Crippen LogP contribution in [0.1, 0.15) is 49.3 Å². The first-order chi connectivity index (χ1) is 15.2. The molecule has 0 spiro atoms. The summed E-state index contributed by atoms with van der Waals surface area (Å²) in [5.74, 6) is 1.70. The van der Waals surface area contributed by atoms with Gasteiger partial charge in [-0.1, -0.05) is 53.9 Å². The number of methoxy groups -OCH3 is 2. The smallest absolute Gasteiger partial charge is 0.164 e. The van der Waals surface area contributed by atoms with Gasteiger partial charge in [-0.25, -0.2) is 0 Å². The van der Waals surface area contributed by atoms with E-state index in [9.17, 15) is 0 Å². The number of halogens is 1. The van der Waals surface area contributed by atoms with E-state index in [-0.39, 0.29) is 0 Å². The summed E-state index contributed by atoms with van der Waals surface area (Å²) in [7, 11) is 3.41.